The Hall–Kier alpha value is -0.120. The summed E-state index contributed by atoms with van der Waals surface area (Å²) in [5.74, 6) is 3.45. The van der Waals surface area contributed by atoms with Crippen LogP contribution in [0.15, 0.2) is 0 Å². The van der Waals surface area contributed by atoms with Crippen molar-refractivity contribution in [1.29, 1.82) is 0 Å². The molecule has 1 aliphatic heterocycles. The van der Waals surface area contributed by atoms with E-state index < -0.39 is 5.60 Å². The van der Waals surface area contributed by atoms with E-state index in [2.05, 4.69) is 44.9 Å². The molecule has 1 spiro atoms. The number of fused-ring (bicyclic) bond motifs is 5. The van der Waals surface area contributed by atoms with Crippen LogP contribution in [0.2, 0.25) is 0 Å². The average molecular weight is 347 g/mol. The van der Waals surface area contributed by atoms with Crippen LogP contribution in [-0.4, -0.2) is 40.5 Å². The molecule has 4 saturated carbocycles. The van der Waals surface area contributed by atoms with E-state index in [1.807, 2.05) is 0 Å². The summed E-state index contributed by atoms with van der Waals surface area (Å²) in [6, 6.07) is 0. The van der Waals surface area contributed by atoms with Gasteiger partial charge < -0.3 is 5.11 Å². The molecule has 9 atom stereocenters. The summed E-state index contributed by atoms with van der Waals surface area (Å²) in [4.78, 5) is 0. The summed E-state index contributed by atoms with van der Waals surface area (Å²) < 4.78 is 0. The van der Waals surface area contributed by atoms with Crippen molar-refractivity contribution in [1.82, 2.24) is 10.0 Å². The first-order valence-electron chi connectivity index (χ1n) is 10.9. The number of rotatable bonds is 0. The van der Waals surface area contributed by atoms with E-state index in [0.29, 0.717) is 11.1 Å². The molecule has 1 saturated heterocycles. The number of nitrogens with zero attached hydrogens (tertiary/aromatic N) is 2. The van der Waals surface area contributed by atoms with Gasteiger partial charge in [0.1, 0.15) is 5.66 Å². The highest BCUT2D eigenvalue weighted by Gasteiger charge is 2.67. The molecule has 4 aliphatic carbocycles. The summed E-state index contributed by atoms with van der Waals surface area (Å²) in [5.41, 5.74) is 0.687. The van der Waals surface area contributed by atoms with Crippen molar-refractivity contribution in [2.24, 2.45) is 34.5 Å². The highest BCUT2D eigenvalue weighted by molar-refractivity contribution is 5.15. The number of hydrogen-bond acceptors (Lipinski definition) is 3. The Kier molecular flexibility index (Phi) is 3.29. The fourth-order valence-corrected chi connectivity index (χ4v) is 8.60. The van der Waals surface area contributed by atoms with Crippen LogP contribution in [-0.2, 0) is 0 Å². The first-order valence-corrected chi connectivity index (χ1v) is 10.9. The first-order chi connectivity index (χ1) is 11.7. The normalized spacial score (nSPS) is 66.0. The molecule has 0 aromatic heterocycles. The maximum atomic E-state index is 11.1. The van der Waals surface area contributed by atoms with E-state index in [1.165, 1.54) is 51.4 Å². The molecule has 0 radical (unpaired) electrons. The predicted octanol–water partition coefficient (Wildman–Crippen LogP) is 4.27. The minimum Gasteiger partial charge on any atom is -0.390 e. The van der Waals surface area contributed by atoms with Crippen molar-refractivity contribution in [2.45, 2.75) is 89.8 Å². The Labute approximate surface area is 154 Å². The average Bonchev–Trinajstić information content (AvgIpc) is 2.93. The van der Waals surface area contributed by atoms with Crippen molar-refractivity contribution in [3.05, 3.63) is 0 Å². The molecule has 5 aliphatic rings. The quantitative estimate of drug-likeness (QED) is 0.664. The second kappa shape index (κ2) is 4.83. The molecule has 3 heteroatoms. The first kappa shape index (κ1) is 17.0. The Bertz CT molecular complexity index is 581. The molecule has 5 rings (SSSR count). The maximum Gasteiger partial charge on any atom is 0.100 e. The third-order valence-corrected chi connectivity index (χ3v) is 10.9. The highest BCUT2D eigenvalue weighted by Crippen LogP contribution is 2.69. The highest BCUT2D eigenvalue weighted by atomic mass is 16.3. The van der Waals surface area contributed by atoms with Gasteiger partial charge in [-0.25, -0.2) is 10.0 Å². The van der Waals surface area contributed by atoms with E-state index >= 15 is 0 Å². The third kappa shape index (κ3) is 1.88. The number of aliphatic hydroxyl groups is 1. The van der Waals surface area contributed by atoms with Gasteiger partial charge in [-0.05, 0) is 99.2 Å². The molecular weight excluding hydrogens is 308 g/mol. The molecule has 5 fully saturated rings. The second-order valence-corrected chi connectivity index (χ2v) is 11.2. The molecule has 0 aromatic rings. The van der Waals surface area contributed by atoms with E-state index in [1.54, 1.807) is 0 Å². The van der Waals surface area contributed by atoms with Gasteiger partial charge in [0.15, 0.2) is 0 Å². The van der Waals surface area contributed by atoms with Gasteiger partial charge in [0, 0.05) is 14.1 Å². The van der Waals surface area contributed by atoms with Crippen LogP contribution in [0, 0.1) is 34.5 Å². The van der Waals surface area contributed by atoms with E-state index in [4.69, 9.17) is 0 Å². The van der Waals surface area contributed by atoms with E-state index in [0.717, 1.165) is 30.1 Å². The SMILES string of the molecule is CN1N(C)C12CCC1(C)C(CCC3C1CCC1(C)C3CCC1(C)O)C2. The second-order valence-electron chi connectivity index (χ2n) is 11.2. The summed E-state index contributed by atoms with van der Waals surface area (Å²) in [6.45, 7) is 7.20. The zero-order chi connectivity index (χ0) is 17.8. The summed E-state index contributed by atoms with van der Waals surface area (Å²) >= 11 is 0. The molecule has 0 amide bonds. The lowest BCUT2D eigenvalue weighted by atomic mass is 9.44. The zero-order valence-corrected chi connectivity index (χ0v) is 17.0. The molecule has 1 heterocycles. The lowest BCUT2D eigenvalue weighted by Crippen LogP contribution is -2.56. The Morgan fingerprint density at radius 1 is 0.800 bits per heavy atom. The molecule has 142 valence electrons. The van der Waals surface area contributed by atoms with Crippen molar-refractivity contribution in [3.8, 4) is 0 Å². The Morgan fingerprint density at radius 3 is 2.16 bits per heavy atom. The fraction of sp³-hybridized carbons (Fsp3) is 1.00. The van der Waals surface area contributed by atoms with Gasteiger partial charge in [-0.2, -0.15) is 0 Å². The smallest absolute Gasteiger partial charge is 0.100 e. The molecule has 25 heavy (non-hydrogen) atoms. The van der Waals surface area contributed by atoms with Crippen LogP contribution in [0.25, 0.3) is 0 Å². The minimum absolute atomic E-state index is 0.171. The van der Waals surface area contributed by atoms with Crippen LogP contribution >= 0.6 is 0 Å². The van der Waals surface area contributed by atoms with E-state index in [9.17, 15) is 5.11 Å². The molecule has 3 nitrogen and oxygen atoms in total. The molecule has 9 unspecified atom stereocenters. The molecule has 0 aromatic carbocycles. The largest absolute Gasteiger partial charge is 0.390 e. The van der Waals surface area contributed by atoms with E-state index in [-0.39, 0.29) is 5.41 Å². The van der Waals surface area contributed by atoms with Crippen LogP contribution < -0.4 is 0 Å². The van der Waals surface area contributed by atoms with Crippen molar-refractivity contribution < 1.29 is 5.11 Å². The standard InChI is InChI=1S/C22H38N2O/c1-19-12-13-22(23(4)24(22)5)14-15(19)6-7-16-17(19)8-10-20(2)18(16)9-11-21(20,3)25/h15-18,25H,6-14H2,1-5H3. The van der Waals surface area contributed by atoms with Crippen LogP contribution in [0.1, 0.15) is 78.6 Å². The number of hydrazine groups is 1. The van der Waals surface area contributed by atoms with Gasteiger partial charge in [0.05, 0.1) is 5.60 Å². The van der Waals surface area contributed by atoms with Crippen LogP contribution in [0.3, 0.4) is 0 Å². The van der Waals surface area contributed by atoms with Gasteiger partial charge in [0.25, 0.3) is 0 Å². The van der Waals surface area contributed by atoms with Gasteiger partial charge in [-0.15, -0.1) is 0 Å². The van der Waals surface area contributed by atoms with Gasteiger partial charge in [0.2, 0.25) is 0 Å². The van der Waals surface area contributed by atoms with Gasteiger partial charge in [-0.1, -0.05) is 13.8 Å². The Morgan fingerprint density at radius 2 is 1.48 bits per heavy atom. The van der Waals surface area contributed by atoms with Crippen molar-refractivity contribution in [2.75, 3.05) is 14.1 Å². The topological polar surface area (TPSA) is 26.2 Å². The lowest BCUT2D eigenvalue weighted by Gasteiger charge is -2.61. The van der Waals surface area contributed by atoms with Crippen LogP contribution in [0.5, 0.6) is 0 Å². The summed E-state index contributed by atoms with van der Waals surface area (Å²) in [5, 5.41) is 16.0. The molecule has 1 N–H and O–H groups in total. The molecule has 0 bridgehead atoms. The van der Waals surface area contributed by atoms with Gasteiger partial charge >= 0.3 is 0 Å². The van der Waals surface area contributed by atoms with Gasteiger partial charge in [-0.3, -0.25) is 0 Å². The zero-order valence-electron chi connectivity index (χ0n) is 17.0. The predicted molar refractivity (Wildman–Crippen MR) is 101 cm³/mol. The van der Waals surface area contributed by atoms with Crippen molar-refractivity contribution in [3.63, 3.8) is 0 Å². The summed E-state index contributed by atoms with van der Waals surface area (Å²) in [6.07, 6.45) is 11.9. The minimum atomic E-state index is -0.434. The van der Waals surface area contributed by atoms with Crippen LogP contribution in [0.4, 0.5) is 0 Å². The summed E-state index contributed by atoms with van der Waals surface area (Å²) in [7, 11) is 4.56. The Balaban J connectivity index is 1.42. The molecular formula is C22H38N2O. The fourth-order valence-electron chi connectivity index (χ4n) is 8.60. The van der Waals surface area contributed by atoms with Crippen molar-refractivity contribution >= 4 is 0 Å². The monoisotopic (exact) mass is 346 g/mol. The lowest BCUT2D eigenvalue weighted by molar-refractivity contribution is -0.149. The maximum absolute atomic E-state index is 11.1. The number of hydrogen-bond donors (Lipinski definition) is 1. The third-order valence-electron chi connectivity index (χ3n) is 10.9.